The van der Waals surface area contributed by atoms with Gasteiger partial charge in [0.15, 0.2) is 0 Å². The lowest BCUT2D eigenvalue weighted by atomic mass is 9.86. The van der Waals surface area contributed by atoms with E-state index in [1.54, 1.807) is 0 Å². The Balaban J connectivity index is 0.000000508. The molecule has 0 bridgehead atoms. The van der Waals surface area contributed by atoms with Crippen molar-refractivity contribution < 1.29 is 9.90 Å². The predicted molar refractivity (Wildman–Crippen MR) is 114 cm³/mol. The molecule has 0 aromatic heterocycles. The van der Waals surface area contributed by atoms with Crippen LogP contribution in [0.3, 0.4) is 0 Å². The SMILES string of the molecule is C=CC(C)CCCC(C)(C)O.CC(C=O)Cc1ccc(C(C)(C)C)cc1. The number of aldehydes is 1. The first-order valence-corrected chi connectivity index (χ1v) is 9.78. The molecule has 1 N–H and O–H groups in total. The van der Waals surface area contributed by atoms with Crippen molar-refractivity contribution in [3.8, 4) is 0 Å². The zero-order valence-corrected chi connectivity index (χ0v) is 18.0. The monoisotopic (exact) mass is 360 g/mol. The maximum atomic E-state index is 10.5. The molecule has 2 atom stereocenters. The zero-order valence-electron chi connectivity index (χ0n) is 18.0. The number of allylic oxidation sites excluding steroid dienone is 1. The number of hydrogen-bond donors (Lipinski definition) is 1. The molecule has 0 saturated heterocycles. The Morgan fingerprint density at radius 2 is 1.58 bits per heavy atom. The van der Waals surface area contributed by atoms with Crippen LogP contribution in [-0.4, -0.2) is 17.0 Å². The van der Waals surface area contributed by atoms with Gasteiger partial charge < -0.3 is 9.90 Å². The third-order valence-corrected chi connectivity index (χ3v) is 4.46. The Kier molecular flexibility index (Phi) is 10.7. The Bertz CT molecular complexity index is 515. The smallest absolute Gasteiger partial charge is 0.123 e. The molecular weight excluding hydrogens is 320 g/mol. The quantitative estimate of drug-likeness (QED) is 0.448. The standard InChI is InChI=1S/C14H20O.C10H20O/c1-11(10-15)9-12-5-7-13(8-6-12)14(2,3)4;1-5-9(2)7-6-8-10(3,4)11/h5-8,10-11H,9H2,1-4H3;5,9,11H,1,6-8H2,2-4H3. The highest BCUT2D eigenvalue weighted by Crippen LogP contribution is 2.22. The lowest BCUT2D eigenvalue weighted by molar-refractivity contribution is -0.110. The molecule has 1 rings (SSSR count). The molecule has 2 unspecified atom stereocenters. The molecule has 0 radical (unpaired) electrons. The van der Waals surface area contributed by atoms with Gasteiger partial charge in [-0.2, -0.15) is 0 Å². The molecule has 2 nitrogen and oxygen atoms in total. The van der Waals surface area contributed by atoms with Crippen molar-refractivity contribution in [2.24, 2.45) is 11.8 Å². The minimum Gasteiger partial charge on any atom is -0.390 e. The first-order valence-electron chi connectivity index (χ1n) is 9.78. The van der Waals surface area contributed by atoms with E-state index in [1.807, 2.05) is 26.8 Å². The summed E-state index contributed by atoms with van der Waals surface area (Å²) in [6.07, 6.45) is 6.91. The summed E-state index contributed by atoms with van der Waals surface area (Å²) in [6.45, 7) is 18.1. The van der Waals surface area contributed by atoms with Gasteiger partial charge in [-0.3, -0.25) is 0 Å². The van der Waals surface area contributed by atoms with E-state index in [0.717, 1.165) is 32.0 Å². The molecule has 0 spiro atoms. The minimum atomic E-state index is -0.499. The molecule has 148 valence electrons. The highest BCUT2D eigenvalue weighted by atomic mass is 16.3. The van der Waals surface area contributed by atoms with Gasteiger partial charge in [-0.05, 0) is 55.6 Å². The maximum Gasteiger partial charge on any atom is 0.123 e. The summed E-state index contributed by atoms with van der Waals surface area (Å²) in [4.78, 5) is 10.5. The lowest BCUT2D eigenvalue weighted by Gasteiger charge is -2.19. The molecular formula is C24H40O2. The fourth-order valence-electron chi connectivity index (χ4n) is 2.54. The molecule has 0 aliphatic heterocycles. The van der Waals surface area contributed by atoms with E-state index in [2.05, 4.69) is 58.5 Å². The van der Waals surface area contributed by atoms with Crippen LogP contribution in [0.25, 0.3) is 0 Å². The van der Waals surface area contributed by atoms with Gasteiger partial charge >= 0.3 is 0 Å². The third-order valence-electron chi connectivity index (χ3n) is 4.46. The zero-order chi connectivity index (χ0) is 20.4. The van der Waals surface area contributed by atoms with Gasteiger partial charge in [0.1, 0.15) is 6.29 Å². The molecule has 1 aromatic rings. The van der Waals surface area contributed by atoms with Gasteiger partial charge in [0.05, 0.1) is 5.60 Å². The largest absolute Gasteiger partial charge is 0.390 e. The molecule has 0 fully saturated rings. The van der Waals surface area contributed by atoms with Crippen molar-refractivity contribution in [1.29, 1.82) is 0 Å². The van der Waals surface area contributed by atoms with Crippen LogP contribution in [0, 0.1) is 11.8 Å². The van der Waals surface area contributed by atoms with Gasteiger partial charge in [-0.15, -0.1) is 6.58 Å². The highest BCUT2D eigenvalue weighted by molar-refractivity contribution is 5.53. The van der Waals surface area contributed by atoms with Crippen LogP contribution in [0.1, 0.15) is 78.9 Å². The van der Waals surface area contributed by atoms with Crippen molar-refractivity contribution in [2.45, 2.75) is 85.2 Å². The number of carbonyl (C=O) groups is 1. The predicted octanol–water partition coefficient (Wildman–Crippen LogP) is 6.11. The Labute approximate surface area is 161 Å². The molecule has 0 aliphatic carbocycles. The number of carbonyl (C=O) groups excluding carboxylic acids is 1. The first-order chi connectivity index (χ1) is 11.9. The van der Waals surface area contributed by atoms with E-state index in [9.17, 15) is 9.90 Å². The molecule has 0 amide bonds. The Hall–Kier alpha value is -1.41. The summed E-state index contributed by atoms with van der Waals surface area (Å²) in [6, 6.07) is 8.57. The second-order valence-corrected chi connectivity index (χ2v) is 9.18. The number of aliphatic hydroxyl groups is 1. The summed E-state index contributed by atoms with van der Waals surface area (Å²) in [5, 5.41) is 9.38. The fraction of sp³-hybridized carbons (Fsp3) is 0.625. The molecule has 1 aromatic carbocycles. The van der Waals surface area contributed by atoms with E-state index in [-0.39, 0.29) is 11.3 Å². The fourth-order valence-corrected chi connectivity index (χ4v) is 2.54. The van der Waals surface area contributed by atoms with Crippen LogP contribution in [0.5, 0.6) is 0 Å². The van der Waals surface area contributed by atoms with E-state index in [1.165, 1.54) is 11.1 Å². The maximum absolute atomic E-state index is 10.5. The molecule has 0 saturated carbocycles. The highest BCUT2D eigenvalue weighted by Gasteiger charge is 2.13. The Morgan fingerprint density at radius 3 is 1.96 bits per heavy atom. The van der Waals surface area contributed by atoms with Gasteiger partial charge in [-0.1, -0.05) is 71.4 Å². The Morgan fingerprint density at radius 1 is 1.04 bits per heavy atom. The number of hydrogen-bond acceptors (Lipinski definition) is 2. The van der Waals surface area contributed by atoms with Crippen molar-refractivity contribution >= 4 is 6.29 Å². The summed E-state index contributed by atoms with van der Waals surface area (Å²) in [5.41, 5.74) is 2.28. The molecule has 2 heteroatoms. The van der Waals surface area contributed by atoms with Crippen LogP contribution in [0.15, 0.2) is 36.9 Å². The summed E-state index contributed by atoms with van der Waals surface area (Å²) in [7, 11) is 0. The van der Waals surface area contributed by atoms with Crippen molar-refractivity contribution in [2.75, 3.05) is 0 Å². The third kappa shape index (κ3) is 12.0. The lowest BCUT2D eigenvalue weighted by Crippen LogP contribution is -2.18. The van der Waals surface area contributed by atoms with Crippen molar-refractivity contribution in [3.63, 3.8) is 0 Å². The second kappa shape index (κ2) is 11.3. The van der Waals surface area contributed by atoms with Crippen LogP contribution in [0.2, 0.25) is 0 Å². The van der Waals surface area contributed by atoms with Crippen molar-refractivity contribution in [1.82, 2.24) is 0 Å². The van der Waals surface area contributed by atoms with E-state index >= 15 is 0 Å². The van der Waals surface area contributed by atoms with Gasteiger partial charge in [0, 0.05) is 5.92 Å². The topological polar surface area (TPSA) is 37.3 Å². The number of rotatable bonds is 8. The average Bonchev–Trinajstić information content (AvgIpc) is 2.53. The second-order valence-electron chi connectivity index (χ2n) is 9.18. The van der Waals surface area contributed by atoms with E-state index in [4.69, 9.17) is 0 Å². The van der Waals surface area contributed by atoms with Gasteiger partial charge in [-0.25, -0.2) is 0 Å². The van der Waals surface area contributed by atoms with Crippen LogP contribution in [-0.2, 0) is 16.6 Å². The van der Waals surface area contributed by atoms with Crippen molar-refractivity contribution in [3.05, 3.63) is 48.0 Å². The number of benzene rings is 1. The summed E-state index contributed by atoms with van der Waals surface area (Å²) >= 11 is 0. The summed E-state index contributed by atoms with van der Waals surface area (Å²) in [5.74, 6) is 0.697. The van der Waals surface area contributed by atoms with Gasteiger partial charge in [0.2, 0.25) is 0 Å². The first kappa shape index (κ1) is 24.6. The van der Waals surface area contributed by atoms with Crippen LogP contribution < -0.4 is 0 Å². The summed E-state index contributed by atoms with van der Waals surface area (Å²) < 4.78 is 0. The van der Waals surface area contributed by atoms with E-state index in [0.29, 0.717) is 5.92 Å². The average molecular weight is 361 g/mol. The van der Waals surface area contributed by atoms with Crippen LogP contribution in [0.4, 0.5) is 0 Å². The minimum absolute atomic E-state index is 0.116. The molecule has 0 heterocycles. The molecule has 0 aliphatic rings. The molecule has 26 heavy (non-hydrogen) atoms. The van der Waals surface area contributed by atoms with E-state index < -0.39 is 5.60 Å². The normalized spacial score (nSPS) is 14.0. The van der Waals surface area contributed by atoms with Gasteiger partial charge in [0.25, 0.3) is 0 Å². The van der Waals surface area contributed by atoms with Crippen LogP contribution >= 0.6 is 0 Å².